The second-order valence-electron chi connectivity index (χ2n) is 1.35. The van der Waals surface area contributed by atoms with Crippen molar-refractivity contribution in [1.29, 1.82) is 0 Å². The highest BCUT2D eigenvalue weighted by Gasteiger charge is 2.02. The molecule has 0 rings (SSSR count). The van der Waals surface area contributed by atoms with E-state index in [0.29, 0.717) is 4.43 Å². The molecule has 0 saturated carbocycles. The second kappa shape index (κ2) is 3.94. The summed E-state index contributed by atoms with van der Waals surface area (Å²) in [5, 5.41) is 7.99. The van der Waals surface area contributed by atoms with E-state index in [1.807, 2.05) is 0 Å². The number of rotatable bonds is 2. The number of ether oxygens (including phenoxy) is 1. The van der Waals surface area contributed by atoms with Gasteiger partial charge in [-0.25, -0.2) is 4.79 Å². The molecule has 0 aromatic carbocycles. The van der Waals surface area contributed by atoms with Crippen molar-refractivity contribution in [2.24, 2.45) is 0 Å². The average molecular weight is 230 g/mol. The number of hydrogen-bond acceptors (Lipinski definition) is 2. The fourth-order valence-corrected chi connectivity index (χ4v) is 0.383. The Morgan fingerprint density at radius 3 is 2.62 bits per heavy atom. The third kappa shape index (κ3) is 4.17. The van der Waals surface area contributed by atoms with Crippen molar-refractivity contribution in [3.05, 3.63) is 0 Å². The zero-order valence-corrected chi connectivity index (χ0v) is 6.58. The van der Waals surface area contributed by atoms with Crippen molar-refractivity contribution in [3.8, 4) is 0 Å². The summed E-state index contributed by atoms with van der Waals surface area (Å²) in [6.45, 7) is 1.71. The molecule has 0 aliphatic rings. The summed E-state index contributed by atoms with van der Waals surface area (Å²) in [4.78, 5) is 9.74. The van der Waals surface area contributed by atoms with Gasteiger partial charge in [-0.1, -0.05) is 22.6 Å². The van der Waals surface area contributed by atoms with Gasteiger partial charge >= 0.3 is 6.16 Å². The van der Waals surface area contributed by atoms with Gasteiger partial charge in [-0.05, 0) is 6.92 Å². The molecule has 1 unspecified atom stereocenters. The Hall–Kier alpha value is 0. The minimum Gasteiger partial charge on any atom is -0.450 e. The van der Waals surface area contributed by atoms with Crippen LogP contribution in [0.1, 0.15) is 6.92 Å². The maximum absolute atomic E-state index is 9.74. The Morgan fingerprint density at radius 2 is 2.50 bits per heavy atom. The van der Waals surface area contributed by atoms with Crippen LogP contribution in [0.3, 0.4) is 0 Å². The van der Waals surface area contributed by atoms with E-state index in [1.165, 1.54) is 0 Å². The van der Waals surface area contributed by atoms with E-state index in [9.17, 15) is 4.79 Å². The number of halogens is 1. The number of carbonyl (C=O) groups is 1. The molecule has 0 aromatic rings. The van der Waals surface area contributed by atoms with Crippen LogP contribution < -0.4 is 0 Å². The largest absolute Gasteiger partial charge is 0.506 e. The zero-order chi connectivity index (χ0) is 6.57. The van der Waals surface area contributed by atoms with Gasteiger partial charge in [0, 0.05) is 4.43 Å². The first-order chi connectivity index (χ1) is 3.66. The van der Waals surface area contributed by atoms with Crippen molar-refractivity contribution < 1.29 is 14.6 Å². The molecule has 0 aliphatic carbocycles. The van der Waals surface area contributed by atoms with Crippen molar-refractivity contribution in [1.82, 2.24) is 0 Å². The normalized spacial score (nSPS) is 12.8. The summed E-state index contributed by atoms with van der Waals surface area (Å²) in [5.74, 6) is 0. The fraction of sp³-hybridized carbons (Fsp3) is 0.750. The topological polar surface area (TPSA) is 46.5 Å². The lowest BCUT2D eigenvalue weighted by molar-refractivity contribution is 0.0685. The van der Waals surface area contributed by atoms with Crippen molar-refractivity contribution >= 4 is 28.7 Å². The molecule has 0 fully saturated rings. The molecule has 0 spiro atoms. The first-order valence-corrected chi connectivity index (χ1v) is 3.65. The number of alkyl halides is 1. The van der Waals surface area contributed by atoms with Gasteiger partial charge in [0.05, 0.1) is 0 Å². The summed E-state index contributed by atoms with van der Waals surface area (Å²) in [6.07, 6.45) is -1.39. The molecular formula is C4H7IO3. The molecule has 0 amide bonds. The summed E-state index contributed by atoms with van der Waals surface area (Å²) in [5.41, 5.74) is 0. The molecule has 0 aromatic heterocycles. The lowest BCUT2D eigenvalue weighted by Gasteiger charge is -2.03. The lowest BCUT2D eigenvalue weighted by atomic mass is 10.5. The van der Waals surface area contributed by atoms with E-state index in [0.717, 1.165) is 0 Å². The van der Waals surface area contributed by atoms with Crippen LogP contribution in [0.5, 0.6) is 0 Å². The Labute approximate surface area is 61.2 Å². The third-order valence-corrected chi connectivity index (χ3v) is 1.76. The van der Waals surface area contributed by atoms with Gasteiger partial charge in [0.2, 0.25) is 0 Å². The maximum Gasteiger partial charge on any atom is 0.506 e. The molecule has 0 bridgehead atoms. The van der Waals surface area contributed by atoms with Crippen LogP contribution in [0.25, 0.3) is 0 Å². The van der Waals surface area contributed by atoms with Gasteiger partial charge in [-0.2, -0.15) is 0 Å². The first-order valence-electron chi connectivity index (χ1n) is 2.12. The highest BCUT2D eigenvalue weighted by Crippen LogP contribution is 1.95. The lowest BCUT2D eigenvalue weighted by Crippen LogP contribution is -2.13. The van der Waals surface area contributed by atoms with Crippen molar-refractivity contribution in [2.45, 2.75) is 13.0 Å². The monoisotopic (exact) mass is 230 g/mol. The standard InChI is InChI=1S/C4H7IO3/c1-3(2-5)8-4(6)7/h3H,2H2,1H3,(H,6,7). The van der Waals surface area contributed by atoms with Crippen LogP contribution in [0.4, 0.5) is 4.79 Å². The molecule has 0 aliphatic heterocycles. The average Bonchev–Trinajstić information content (AvgIpc) is 1.65. The van der Waals surface area contributed by atoms with Gasteiger partial charge in [0.15, 0.2) is 0 Å². The van der Waals surface area contributed by atoms with E-state index in [2.05, 4.69) is 27.3 Å². The van der Waals surface area contributed by atoms with Gasteiger partial charge in [0.1, 0.15) is 6.10 Å². The van der Waals surface area contributed by atoms with E-state index < -0.39 is 6.16 Å². The Kier molecular flexibility index (Phi) is 3.94. The minimum atomic E-state index is -1.20. The molecule has 3 nitrogen and oxygen atoms in total. The predicted molar refractivity (Wildman–Crippen MR) is 37.5 cm³/mol. The summed E-state index contributed by atoms with van der Waals surface area (Å²) in [6, 6.07) is 0. The maximum atomic E-state index is 9.74. The Balaban J connectivity index is 3.24. The van der Waals surface area contributed by atoms with E-state index in [-0.39, 0.29) is 6.10 Å². The van der Waals surface area contributed by atoms with Gasteiger partial charge in [0.25, 0.3) is 0 Å². The molecule has 0 heterocycles. The Morgan fingerprint density at radius 1 is 2.00 bits per heavy atom. The SMILES string of the molecule is CC(CI)OC(=O)O. The number of hydrogen-bond donors (Lipinski definition) is 1. The molecule has 0 radical (unpaired) electrons. The van der Waals surface area contributed by atoms with E-state index in [4.69, 9.17) is 5.11 Å². The van der Waals surface area contributed by atoms with Crippen molar-refractivity contribution in [3.63, 3.8) is 0 Å². The highest BCUT2D eigenvalue weighted by atomic mass is 127. The predicted octanol–water partition coefficient (Wildman–Crippen LogP) is 1.50. The summed E-state index contributed by atoms with van der Waals surface area (Å²) >= 11 is 2.06. The highest BCUT2D eigenvalue weighted by molar-refractivity contribution is 14.1. The minimum absolute atomic E-state index is 0.187. The van der Waals surface area contributed by atoms with Crippen molar-refractivity contribution in [2.75, 3.05) is 4.43 Å². The van der Waals surface area contributed by atoms with Crippen LogP contribution in [0.2, 0.25) is 0 Å². The second-order valence-corrected chi connectivity index (χ2v) is 2.23. The Bertz CT molecular complexity index is 83.4. The van der Waals surface area contributed by atoms with Gasteiger partial charge in [-0.15, -0.1) is 0 Å². The van der Waals surface area contributed by atoms with E-state index >= 15 is 0 Å². The van der Waals surface area contributed by atoms with E-state index in [1.54, 1.807) is 6.92 Å². The van der Waals surface area contributed by atoms with Crippen LogP contribution in [-0.2, 0) is 4.74 Å². The molecule has 48 valence electrons. The quantitative estimate of drug-likeness (QED) is 0.444. The summed E-state index contributed by atoms with van der Waals surface area (Å²) < 4.78 is 5.01. The molecular weight excluding hydrogens is 223 g/mol. The van der Waals surface area contributed by atoms with Crippen LogP contribution in [0, 0.1) is 0 Å². The molecule has 1 N–H and O–H groups in total. The smallest absolute Gasteiger partial charge is 0.450 e. The summed E-state index contributed by atoms with van der Waals surface area (Å²) in [7, 11) is 0. The fourth-order valence-electron chi connectivity index (χ4n) is 0.204. The molecule has 4 heteroatoms. The molecule has 0 saturated heterocycles. The number of carboxylic acid groups (broad SMARTS) is 1. The van der Waals surface area contributed by atoms with Crippen LogP contribution >= 0.6 is 22.6 Å². The molecule has 1 atom stereocenters. The van der Waals surface area contributed by atoms with Gasteiger partial charge in [-0.3, -0.25) is 0 Å². The molecule has 8 heavy (non-hydrogen) atoms. The zero-order valence-electron chi connectivity index (χ0n) is 4.43. The van der Waals surface area contributed by atoms with Crippen LogP contribution in [0.15, 0.2) is 0 Å². The van der Waals surface area contributed by atoms with Crippen LogP contribution in [-0.4, -0.2) is 21.8 Å². The van der Waals surface area contributed by atoms with Gasteiger partial charge < -0.3 is 9.84 Å². The third-order valence-electron chi connectivity index (χ3n) is 0.519. The first kappa shape index (κ1) is 8.00.